The van der Waals surface area contributed by atoms with Crippen molar-refractivity contribution in [3.05, 3.63) is 22.4 Å². The summed E-state index contributed by atoms with van der Waals surface area (Å²) < 4.78 is 10.5. The molecule has 1 aromatic rings. The third kappa shape index (κ3) is 3.87. The summed E-state index contributed by atoms with van der Waals surface area (Å²) in [5, 5.41) is 2.03. The third-order valence-electron chi connectivity index (χ3n) is 1.66. The van der Waals surface area contributed by atoms with Crippen molar-refractivity contribution >= 4 is 11.3 Å². The molecule has 0 radical (unpaired) electrons. The summed E-state index contributed by atoms with van der Waals surface area (Å²) in [6.45, 7) is 1.68. The van der Waals surface area contributed by atoms with Crippen molar-refractivity contribution in [3.8, 4) is 0 Å². The van der Waals surface area contributed by atoms with E-state index in [2.05, 4.69) is 0 Å². The van der Waals surface area contributed by atoms with Crippen LogP contribution in [0.1, 0.15) is 4.88 Å². The number of methoxy groups -OCH3 is 1. The maximum atomic E-state index is 5.54. The highest BCUT2D eigenvalue weighted by Crippen LogP contribution is 2.10. The standard InChI is InChI=1S/C9H15NO2S/c1-11-6-8(5-10)12-7-9-3-2-4-13-9/h2-4,8H,5-7,10H2,1H3. The molecular weight excluding hydrogens is 186 g/mol. The largest absolute Gasteiger partial charge is 0.382 e. The van der Waals surface area contributed by atoms with Gasteiger partial charge in [0.25, 0.3) is 0 Å². The Morgan fingerprint density at radius 3 is 3.00 bits per heavy atom. The Hall–Kier alpha value is -0.420. The van der Waals surface area contributed by atoms with Crippen LogP contribution in [0.3, 0.4) is 0 Å². The van der Waals surface area contributed by atoms with Gasteiger partial charge in [-0.3, -0.25) is 0 Å². The molecule has 74 valence electrons. The number of rotatable bonds is 6. The fraction of sp³-hybridized carbons (Fsp3) is 0.556. The van der Waals surface area contributed by atoms with E-state index in [0.717, 1.165) is 0 Å². The Kier molecular flexibility index (Phi) is 5.00. The minimum atomic E-state index is 0.00657. The van der Waals surface area contributed by atoms with Crippen LogP contribution in [-0.4, -0.2) is 26.4 Å². The molecule has 4 heteroatoms. The summed E-state index contributed by atoms with van der Waals surface area (Å²) in [6.07, 6.45) is 0.00657. The molecule has 0 amide bonds. The van der Waals surface area contributed by atoms with E-state index in [4.69, 9.17) is 15.2 Å². The summed E-state index contributed by atoms with van der Waals surface area (Å²) >= 11 is 1.69. The van der Waals surface area contributed by atoms with Gasteiger partial charge in [0.1, 0.15) is 0 Å². The summed E-state index contributed by atoms with van der Waals surface area (Å²) in [6, 6.07) is 4.06. The molecule has 0 aliphatic rings. The summed E-state index contributed by atoms with van der Waals surface area (Å²) in [4.78, 5) is 1.22. The molecule has 0 fully saturated rings. The van der Waals surface area contributed by atoms with Crippen LogP contribution in [0.4, 0.5) is 0 Å². The SMILES string of the molecule is COCC(CN)OCc1cccs1. The molecule has 1 atom stereocenters. The molecular formula is C9H15NO2S. The van der Waals surface area contributed by atoms with Crippen LogP contribution in [0, 0.1) is 0 Å². The molecule has 0 aromatic carbocycles. The maximum absolute atomic E-state index is 5.54. The van der Waals surface area contributed by atoms with E-state index in [1.807, 2.05) is 17.5 Å². The predicted octanol–water partition coefficient (Wildman–Crippen LogP) is 1.24. The third-order valence-corrected chi connectivity index (χ3v) is 2.51. The molecule has 1 rings (SSSR count). The molecule has 1 heterocycles. The molecule has 0 bridgehead atoms. The van der Waals surface area contributed by atoms with Crippen molar-refractivity contribution in [2.24, 2.45) is 5.73 Å². The van der Waals surface area contributed by atoms with Crippen molar-refractivity contribution in [2.75, 3.05) is 20.3 Å². The fourth-order valence-electron chi connectivity index (χ4n) is 0.965. The van der Waals surface area contributed by atoms with E-state index in [1.54, 1.807) is 18.4 Å². The summed E-state index contributed by atoms with van der Waals surface area (Å²) in [7, 11) is 1.65. The number of ether oxygens (including phenoxy) is 2. The zero-order valence-electron chi connectivity index (χ0n) is 7.73. The topological polar surface area (TPSA) is 44.5 Å². The first-order chi connectivity index (χ1) is 6.36. The summed E-state index contributed by atoms with van der Waals surface area (Å²) in [5.41, 5.74) is 5.50. The first-order valence-corrected chi connectivity index (χ1v) is 5.07. The molecule has 1 unspecified atom stereocenters. The monoisotopic (exact) mass is 201 g/mol. The van der Waals surface area contributed by atoms with Crippen LogP contribution in [0.2, 0.25) is 0 Å². The number of nitrogens with two attached hydrogens (primary N) is 1. The lowest BCUT2D eigenvalue weighted by Gasteiger charge is -2.13. The smallest absolute Gasteiger partial charge is 0.0935 e. The highest BCUT2D eigenvalue weighted by atomic mass is 32.1. The highest BCUT2D eigenvalue weighted by molar-refractivity contribution is 7.09. The molecule has 0 saturated carbocycles. The number of hydrogen-bond donors (Lipinski definition) is 1. The molecule has 1 aromatic heterocycles. The van der Waals surface area contributed by atoms with E-state index < -0.39 is 0 Å². The Balaban J connectivity index is 2.23. The van der Waals surface area contributed by atoms with Crippen LogP contribution in [0.5, 0.6) is 0 Å². The van der Waals surface area contributed by atoms with Crippen LogP contribution in [-0.2, 0) is 16.1 Å². The van der Waals surface area contributed by atoms with Gasteiger partial charge in [-0.1, -0.05) is 6.07 Å². The number of hydrogen-bond acceptors (Lipinski definition) is 4. The van der Waals surface area contributed by atoms with Gasteiger partial charge >= 0.3 is 0 Å². The van der Waals surface area contributed by atoms with Gasteiger partial charge < -0.3 is 15.2 Å². The Morgan fingerprint density at radius 2 is 2.46 bits per heavy atom. The molecule has 0 aliphatic heterocycles. The zero-order valence-corrected chi connectivity index (χ0v) is 8.55. The van der Waals surface area contributed by atoms with Gasteiger partial charge in [0.05, 0.1) is 19.3 Å². The average Bonchev–Trinajstić information content (AvgIpc) is 2.64. The van der Waals surface area contributed by atoms with Gasteiger partial charge in [-0.15, -0.1) is 11.3 Å². The normalized spacial score (nSPS) is 13.1. The lowest BCUT2D eigenvalue weighted by molar-refractivity contribution is -0.00460. The zero-order chi connectivity index (χ0) is 9.52. The Morgan fingerprint density at radius 1 is 1.62 bits per heavy atom. The van der Waals surface area contributed by atoms with Crippen LogP contribution >= 0.6 is 11.3 Å². The van der Waals surface area contributed by atoms with E-state index in [1.165, 1.54) is 4.88 Å². The van der Waals surface area contributed by atoms with Gasteiger partial charge in [0, 0.05) is 18.5 Å². The highest BCUT2D eigenvalue weighted by Gasteiger charge is 2.06. The van der Waals surface area contributed by atoms with E-state index in [9.17, 15) is 0 Å². The molecule has 3 nitrogen and oxygen atoms in total. The van der Waals surface area contributed by atoms with Crippen molar-refractivity contribution in [3.63, 3.8) is 0 Å². The second-order valence-corrected chi connectivity index (χ2v) is 3.74. The maximum Gasteiger partial charge on any atom is 0.0935 e. The molecule has 13 heavy (non-hydrogen) atoms. The molecule has 0 spiro atoms. The van der Waals surface area contributed by atoms with Gasteiger partial charge in [0.2, 0.25) is 0 Å². The molecule has 0 saturated heterocycles. The fourth-order valence-corrected chi connectivity index (χ4v) is 1.59. The molecule has 2 N–H and O–H groups in total. The lowest BCUT2D eigenvalue weighted by Crippen LogP contribution is -2.28. The lowest BCUT2D eigenvalue weighted by atomic mass is 10.4. The quantitative estimate of drug-likeness (QED) is 0.753. The first kappa shape index (κ1) is 10.7. The Bertz CT molecular complexity index is 213. The van der Waals surface area contributed by atoms with Crippen molar-refractivity contribution in [1.29, 1.82) is 0 Å². The first-order valence-electron chi connectivity index (χ1n) is 4.19. The number of thiophene rings is 1. The van der Waals surface area contributed by atoms with Gasteiger partial charge in [-0.25, -0.2) is 0 Å². The van der Waals surface area contributed by atoms with Crippen LogP contribution < -0.4 is 5.73 Å². The minimum Gasteiger partial charge on any atom is -0.382 e. The van der Waals surface area contributed by atoms with Crippen molar-refractivity contribution < 1.29 is 9.47 Å². The predicted molar refractivity (Wildman–Crippen MR) is 53.8 cm³/mol. The van der Waals surface area contributed by atoms with Crippen molar-refractivity contribution in [1.82, 2.24) is 0 Å². The minimum absolute atomic E-state index is 0.00657. The van der Waals surface area contributed by atoms with E-state index >= 15 is 0 Å². The van der Waals surface area contributed by atoms with E-state index in [0.29, 0.717) is 19.8 Å². The van der Waals surface area contributed by atoms with Gasteiger partial charge in [-0.2, -0.15) is 0 Å². The van der Waals surface area contributed by atoms with Crippen LogP contribution in [0.15, 0.2) is 17.5 Å². The van der Waals surface area contributed by atoms with Gasteiger partial charge in [0.15, 0.2) is 0 Å². The second-order valence-electron chi connectivity index (χ2n) is 2.70. The average molecular weight is 201 g/mol. The van der Waals surface area contributed by atoms with Crippen molar-refractivity contribution in [2.45, 2.75) is 12.7 Å². The molecule has 0 aliphatic carbocycles. The second kappa shape index (κ2) is 6.10. The van der Waals surface area contributed by atoms with E-state index in [-0.39, 0.29) is 6.10 Å². The van der Waals surface area contributed by atoms with Gasteiger partial charge in [-0.05, 0) is 11.4 Å². The van der Waals surface area contributed by atoms with Crippen LogP contribution in [0.25, 0.3) is 0 Å². The summed E-state index contributed by atoms with van der Waals surface area (Å²) in [5.74, 6) is 0. The Labute approximate surface area is 82.5 Å².